The molecular weight excluding hydrogens is 270 g/mol. The number of hydrogen-bond acceptors (Lipinski definition) is 5. The van der Waals surface area contributed by atoms with Crippen LogP contribution in [-0.4, -0.2) is 39.2 Å². The van der Waals surface area contributed by atoms with E-state index in [1.54, 1.807) is 19.1 Å². The van der Waals surface area contributed by atoms with Crippen molar-refractivity contribution >= 4 is 21.7 Å². The van der Waals surface area contributed by atoms with Gasteiger partial charge in [-0.2, -0.15) is 0 Å². The summed E-state index contributed by atoms with van der Waals surface area (Å²) in [6.45, 7) is 1.51. The summed E-state index contributed by atoms with van der Waals surface area (Å²) in [5, 5.41) is 11.8. The van der Waals surface area contributed by atoms with Crippen molar-refractivity contribution in [2.24, 2.45) is 4.99 Å². The molecule has 19 heavy (non-hydrogen) atoms. The summed E-state index contributed by atoms with van der Waals surface area (Å²) in [5.41, 5.74) is 0.420. The molecule has 1 aliphatic rings. The van der Waals surface area contributed by atoms with Crippen LogP contribution in [0.3, 0.4) is 0 Å². The van der Waals surface area contributed by atoms with Crippen LogP contribution in [0.1, 0.15) is 6.92 Å². The Morgan fingerprint density at radius 1 is 1.47 bits per heavy atom. The number of ether oxygens (including phenoxy) is 1. The number of guanidine groups is 1. The van der Waals surface area contributed by atoms with Crippen LogP contribution in [0.25, 0.3) is 0 Å². The first-order chi connectivity index (χ1) is 8.96. The second-order valence-corrected chi connectivity index (χ2v) is 5.75. The van der Waals surface area contributed by atoms with Crippen molar-refractivity contribution in [3.05, 3.63) is 18.2 Å². The number of aliphatic imine (C=N–C) groups is 1. The summed E-state index contributed by atoms with van der Waals surface area (Å²) >= 11 is 0. The lowest BCUT2D eigenvalue weighted by atomic mass is 10.3. The fourth-order valence-corrected chi connectivity index (χ4v) is 2.76. The smallest absolute Gasteiger partial charge is 0.266 e. The number of fused-ring (bicyclic) bond motifs is 1. The number of benzene rings is 1. The first-order valence-corrected chi connectivity index (χ1v) is 7.11. The molecule has 1 atom stereocenters. The van der Waals surface area contributed by atoms with Crippen LogP contribution in [0.5, 0.6) is 5.75 Å². The Kier molecular flexibility index (Phi) is 3.63. The Morgan fingerprint density at radius 3 is 2.84 bits per heavy atom. The highest BCUT2D eigenvalue weighted by atomic mass is 32.2. The molecular formula is C11H15N3O4S. The van der Waals surface area contributed by atoms with Gasteiger partial charge in [-0.3, -0.25) is 0 Å². The number of nitrogens with zero attached hydrogens (tertiary/aromatic N) is 1. The predicted molar refractivity (Wildman–Crippen MR) is 70.9 cm³/mol. The maximum absolute atomic E-state index is 12.1. The van der Waals surface area contributed by atoms with Gasteiger partial charge < -0.3 is 15.2 Å². The second kappa shape index (κ2) is 5.06. The van der Waals surface area contributed by atoms with Gasteiger partial charge in [-0.15, -0.1) is 0 Å². The minimum absolute atomic E-state index is 0.0965. The number of anilines is 1. The van der Waals surface area contributed by atoms with Crippen molar-refractivity contribution in [1.29, 1.82) is 0 Å². The minimum Gasteiger partial charge on any atom is -0.497 e. The molecule has 1 unspecified atom stereocenters. The van der Waals surface area contributed by atoms with Gasteiger partial charge in [-0.1, -0.05) is 0 Å². The fraction of sp³-hybridized carbons (Fsp3) is 0.364. The van der Waals surface area contributed by atoms with Crippen molar-refractivity contribution in [3.8, 4) is 5.75 Å². The van der Waals surface area contributed by atoms with E-state index in [2.05, 4.69) is 15.0 Å². The molecule has 3 N–H and O–H groups in total. The van der Waals surface area contributed by atoms with E-state index in [0.29, 0.717) is 11.4 Å². The zero-order valence-electron chi connectivity index (χ0n) is 10.5. The molecule has 8 heteroatoms. The summed E-state index contributed by atoms with van der Waals surface area (Å²) in [4.78, 5) is 4.13. The normalized spacial score (nSPS) is 20.1. The van der Waals surface area contributed by atoms with Crippen molar-refractivity contribution in [1.82, 2.24) is 4.72 Å². The van der Waals surface area contributed by atoms with Gasteiger partial charge in [0.1, 0.15) is 10.6 Å². The van der Waals surface area contributed by atoms with E-state index in [1.165, 1.54) is 13.2 Å². The number of aliphatic hydroxyl groups excluding tert-OH is 1. The SMILES string of the molecule is COc1ccc2c(c1)S(=O)(=O)NC(=NC(C)CO)N2. The number of rotatable bonds is 3. The highest BCUT2D eigenvalue weighted by molar-refractivity contribution is 7.90. The quantitative estimate of drug-likeness (QED) is 0.733. The summed E-state index contributed by atoms with van der Waals surface area (Å²) < 4.78 is 31.5. The molecule has 104 valence electrons. The summed E-state index contributed by atoms with van der Waals surface area (Å²) in [5.74, 6) is 0.550. The topological polar surface area (TPSA) is 100 Å². The Labute approximate surface area is 111 Å². The highest BCUT2D eigenvalue weighted by Crippen LogP contribution is 2.28. The van der Waals surface area contributed by atoms with Gasteiger partial charge in [0, 0.05) is 6.07 Å². The lowest BCUT2D eigenvalue weighted by Gasteiger charge is -2.22. The number of sulfonamides is 1. The average molecular weight is 285 g/mol. The van der Waals surface area contributed by atoms with Crippen molar-refractivity contribution in [3.63, 3.8) is 0 Å². The third kappa shape index (κ3) is 2.79. The molecule has 0 aliphatic carbocycles. The van der Waals surface area contributed by atoms with Crippen molar-refractivity contribution < 1.29 is 18.3 Å². The van der Waals surface area contributed by atoms with Crippen LogP contribution in [0.15, 0.2) is 28.1 Å². The van der Waals surface area contributed by atoms with Crippen LogP contribution in [0.2, 0.25) is 0 Å². The number of methoxy groups -OCH3 is 1. The Morgan fingerprint density at radius 2 is 2.21 bits per heavy atom. The van der Waals surface area contributed by atoms with Crippen LogP contribution < -0.4 is 14.8 Å². The van der Waals surface area contributed by atoms with Crippen LogP contribution in [0, 0.1) is 0 Å². The van der Waals surface area contributed by atoms with E-state index >= 15 is 0 Å². The third-order valence-corrected chi connectivity index (χ3v) is 3.95. The molecule has 1 aromatic carbocycles. The van der Waals surface area contributed by atoms with Gasteiger partial charge in [0.2, 0.25) is 5.96 Å². The van der Waals surface area contributed by atoms with Gasteiger partial charge in [0.05, 0.1) is 25.4 Å². The van der Waals surface area contributed by atoms with Gasteiger partial charge in [0.15, 0.2) is 0 Å². The molecule has 2 rings (SSSR count). The minimum atomic E-state index is -3.68. The lowest BCUT2D eigenvalue weighted by Crippen LogP contribution is -2.41. The zero-order valence-corrected chi connectivity index (χ0v) is 11.4. The molecule has 1 heterocycles. The molecule has 1 aliphatic heterocycles. The third-order valence-electron chi connectivity index (χ3n) is 2.58. The predicted octanol–water partition coefficient (Wildman–Crippen LogP) is 0.136. The maximum Gasteiger partial charge on any atom is 0.266 e. The monoisotopic (exact) mass is 285 g/mol. The Balaban J connectivity index is 2.44. The molecule has 1 aromatic rings. The molecule has 0 spiro atoms. The van der Waals surface area contributed by atoms with E-state index < -0.39 is 16.1 Å². The molecule has 0 aromatic heterocycles. The number of hydrogen-bond donors (Lipinski definition) is 3. The van der Waals surface area contributed by atoms with Gasteiger partial charge in [0.25, 0.3) is 10.0 Å². The summed E-state index contributed by atoms with van der Waals surface area (Å²) in [6, 6.07) is 4.28. The van der Waals surface area contributed by atoms with E-state index in [4.69, 9.17) is 9.84 Å². The molecule has 0 saturated carbocycles. The number of aliphatic hydroxyl groups is 1. The van der Waals surface area contributed by atoms with Gasteiger partial charge >= 0.3 is 0 Å². The standard InChI is InChI=1S/C11H15N3O4S/c1-7(6-15)12-11-13-9-4-3-8(18-2)5-10(9)19(16,17)14-11/h3-5,7,15H,6H2,1-2H3,(H2,12,13,14). The van der Waals surface area contributed by atoms with Crippen LogP contribution in [-0.2, 0) is 10.0 Å². The first-order valence-electron chi connectivity index (χ1n) is 5.63. The van der Waals surface area contributed by atoms with E-state index in [0.717, 1.165) is 0 Å². The molecule has 0 bridgehead atoms. The molecule has 0 radical (unpaired) electrons. The largest absolute Gasteiger partial charge is 0.497 e. The van der Waals surface area contributed by atoms with E-state index in [-0.39, 0.29) is 17.5 Å². The number of nitrogens with one attached hydrogen (secondary N) is 2. The molecule has 0 saturated heterocycles. The van der Waals surface area contributed by atoms with E-state index in [1.807, 2.05) is 0 Å². The Bertz CT molecular complexity index is 612. The molecule has 0 amide bonds. The van der Waals surface area contributed by atoms with Crippen LogP contribution in [0.4, 0.5) is 5.69 Å². The highest BCUT2D eigenvalue weighted by Gasteiger charge is 2.27. The molecule has 7 nitrogen and oxygen atoms in total. The lowest BCUT2D eigenvalue weighted by molar-refractivity contribution is 0.274. The summed E-state index contributed by atoms with van der Waals surface area (Å²) in [7, 11) is -2.22. The van der Waals surface area contributed by atoms with Crippen molar-refractivity contribution in [2.45, 2.75) is 17.9 Å². The Hall–Kier alpha value is -1.80. The zero-order chi connectivity index (χ0) is 14.0. The fourth-order valence-electron chi connectivity index (χ4n) is 1.61. The average Bonchev–Trinajstić information content (AvgIpc) is 2.37. The second-order valence-electron chi connectivity index (χ2n) is 4.10. The van der Waals surface area contributed by atoms with Crippen molar-refractivity contribution in [2.75, 3.05) is 19.0 Å². The van der Waals surface area contributed by atoms with Crippen LogP contribution >= 0.6 is 0 Å². The molecule has 0 fully saturated rings. The van der Waals surface area contributed by atoms with E-state index in [9.17, 15) is 8.42 Å². The maximum atomic E-state index is 12.1. The first kappa shape index (κ1) is 13.6. The van der Waals surface area contributed by atoms with Gasteiger partial charge in [-0.25, -0.2) is 18.1 Å². The van der Waals surface area contributed by atoms with Gasteiger partial charge in [-0.05, 0) is 19.1 Å². The summed E-state index contributed by atoms with van der Waals surface area (Å²) in [6.07, 6.45) is 0.